The van der Waals surface area contributed by atoms with Gasteiger partial charge in [0.1, 0.15) is 12.4 Å². The molecule has 2 N–H and O–H groups in total. The first-order valence-corrected chi connectivity index (χ1v) is 8.80. The number of halogens is 2. The van der Waals surface area contributed by atoms with Gasteiger partial charge in [-0.3, -0.25) is 0 Å². The van der Waals surface area contributed by atoms with Crippen LogP contribution in [0.3, 0.4) is 0 Å². The molecule has 0 aliphatic heterocycles. The highest BCUT2D eigenvalue weighted by molar-refractivity contribution is 9.10. The van der Waals surface area contributed by atoms with E-state index in [0.717, 1.165) is 27.8 Å². The zero-order valence-corrected chi connectivity index (χ0v) is 15.4. The van der Waals surface area contributed by atoms with Crippen molar-refractivity contribution in [3.05, 3.63) is 63.1 Å². The number of aliphatic hydroxyl groups excluding tert-OH is 1. The van der Waals surface area contributed by atoms with E-state index in [2.05, 4.69) is 21.2 Å². The van der Waals surface area contributed by atoms with Gasteiger partial charge in [0.15, 0.2) is 0 Å². The molecule has 0 heterocycles. The topological polar surface area (TPSA) is 41.5 Å². The Hall–Kier alpha value is -1.07. The molecule has 0 spiro atoms. The third-order valence-corrected chi connectivity index (χ3v) is 4.52. The van der Waals surface area contributed by atoms with E-state index in [4.69, 9.17) is 16.3 Å². The van der Waals surface area contributed by atoms with Gasteiger partial charge >= 0.3 is 0 Å². The second-order valence-corrected chi connectivity index (χ2v) is 6.62. The Morgan fingerprint density at radius 2 is 2.00 bits per heavy atom. The Labute approximate surface area is 150 Å². The van der Waals surface area contributed by atoms with Crippen LogP contribution in [0, 0.1) is 0 Å². The summed E-state index contributed by atoms with van der Waals surface area (Å²) in [6.07, 6.45) is 0.875. The molecule has 3 nitrogen and oxygen atoms in total. The summed E-state index contributed by atoms with van der Waals surface area (Å²) in [4.78, 5) is 0. The SMILES string of the molecule is CCC(CO)NCc1cc(Br)ccc1OCc1ccccc1Cl. The lowest BCUT2D eigenvalue weighted by atomic mass is 10.1. The highest BCUT2D eigenvalue weighted by Gasteiger charge is 2.09. The highest BCUT2D eigenvalue weighted by Crippen LogP contribution is 2.25. The molecule has 1 unspecified atom stereocenters. The van der Waals surface area contributed by atoms with Crippen molar-refractivity contribution in [2.75, 3.05) is 6.61 Å². The fourth-order valence-corrected chi connectivity index (χ4v) is 2.79. The van der Waals surface area contributed by atoms with Crippen LogP contribution < -0.4 is 10.1 Å². The molecule has 1 atom stereocenters. The van der Waals surface area contributed by atoms with Crippen LogP contribution in [-0.4, -0.2) is 17.8 Å². The fourth-order valence-electron chi connectivity index (χ4n) is 2.19. The first-order valence-electron chi connectivity index (χ1n) is 7.63. The molecule has 0 aliphatic carbocycles. The summed E-state index contributed by atoms with van der Waals surface area (Å²) in [5, 5.41) is 13.3. The van der Waals surface area contributed by atoms with Gasteiger partial charge in [-0.25, -0.2) is 0 Å². The van der Waals surface area contributed by atoms with Crippen molar-refractivity contribution in [3.8, 4) is 5.75 Å². The van der Waals surface area contributed by atoms with E-state index in [1.54, 1.807) is 0 Å². The van der Waals surface area contributed by atoms with Gasteiger partial charge in [-0.2, -0.15) is 0 Å². The molecule has 0 aliphatic rings. The summed E-state index contributed by atoms with van der Waals surface area (Å²) in [7, 11) is 0. The Balaban J connectivity index is 2.07. The number of hydrogen-bond acceptors (Lipinski definition) is 3. The van der Waals surface area contributed by atoms with Gasteiger partial charge in [-0.1, -0.05) is 52.7 Å². The number of nitrogens with one attached hydrogen (secondary N) is 1. The van der Waals surface area contributed by atoms with Crippen LogP contribution in [0.4, 0.5) is 0 Å². The van der Waals surface area contributed by atoms with E-state index in [9.17, 15) is 5.11 Å². The minimum Gasteiger partial charge on any atom is -0.489 e. The first kappa shape index (κ1) is 18.3. The van der Waals surface area contributed by atoms with Crippen molar-refractivity contribution >= 4 is 27.5 Å². The number of aliphatic hydroxyl groups is 1. The van der Waals surface area contributed by atoms with Gasteiger partial charge < -0.3 is 15.2 Å². The molecule has 0 radical (unpaired) electrons. The van der Waals surface area contributed by atoms with E-state index in [0.29, 0.717) is 18.2 Å². The molecule has 0 saturated carbocycles. The van der Waals surface area contributed by atoms with E-state index < -0.39 is 0 Å². The van der Waals surface area contributed by atoms with E-state index >= 15 is 0 Å². The second kappa shape index (κ2) is 9.28. The average molecular weight is 399 g/mol. The third-order valence-electron chi connectivity index (χ3n) is 3.66. The van der Waals surface area contributed by atoms with Crippen molar-refractivity contribution in [2.45, 2.75) is 32.5 Å². The van der Waals surface area contributed by atoms with Crippen LogP contribution in [0.5, 0.6) is 5.75 Å². The first-order chi connectivity index (χ1) is 11.1. The average Bonchev–Trinajstić information content (AvgIpc) is 2.56. The Bertz CT molecular complexity index is 632. The fraction of sp³-hybridized carbons (Fsp3) is 0.333. The molecule has 0 bridgehead atoms. The molecule has 2 aromatic rings. The zero-order chi connectivity index (χ0) is 16.7. The van der Waals surface area contributed by atoms with Crippen LogP contribution in [0.2, 0.25) is 5.02 Å². The van der Waals surface area contributed by atoms with Crippen LogP contribution in [-0.2, 0) is 13.2 Å². The molecule has 2 rings (SSSR count). The summed E-state index contributed by atoms with van der Waals surface area (Å²) in [5.41, 5.74) is 2.00. The lowest BCUT2D eigenvalue weighted by Gasteiger charge is -2.17. The maximum Gasteiger partial charge on any atom is 0.124 e. The lowest BCUT2D eigenvalue weighted by Crippen LogP contribution is -2.31. The normalized spacial score (nSPS) is 12.2. The van der Waals surface area contributed by atoms with Crippen molar-refractivity contribution in [3.63, 3.8) is 0 Å². The molecule has 5 heteroatoms. The molecule has 0 aromatic heterocycles. The van der Waals surface area contributed by atoms with Gasteiger partial charge in [0.2, 0.25) is 0 Å². The van der Waals surface area contributed by atoms with Crippen molar-refractivity contribution in [1.82, 2.24) is 5.32 Å². The van der Waals surface area contributed by atoms with E-state index in [-0.39, 0.29) is 12.6 Å². The number of ether oxygens (including phenoxy) is 1. The van der Waals surface area contributed by atoms with Crippen LogP contribution in [0.25, 0.3) is 0 Å². The molecule has 0 amide bonds. The van der Waals surface area contributed by atoms with Gasteiger partial charge in [0.05, 0.1) is 6.61 Å². The summed E-state index contributed by atoms with van der Waals surface area (Å²) in [6, 6.07) is 13.7. The van der Waals surface area contributed by atoms with Crippen LogP contribution >= 0.6 is 27.5 Å². The quantitative estimate of drug-likeness (QED) is 0.686. The van der Waals surface area contributed by atoms with E-state index in [1.807, 2.05) is 49.4 Å². The summed E-state index contributed by atoms with van der Waals surface area (Å²) >= 11 is 9.66. The van der Waals surface area contributed by atoms with Crippen molar-refractivity contribution in [2.24, 2.45) is 0 Å². The van der Waals surface area contributed by atoms with Gasteiger partial charge in [-0.15, -0.1) is 0 Å². The maximum absolute atomic E-state index is 9.29. The predicted octanol–water partition coefficient (Wildman–Crippen LogP) is 4.54. The van der Waals surface area contributed by atoms with Crippen molar-refractivity contribution in [1.29, 1.82) is 0 Å². The largest absolute Gasteiger partial charge is 0.489 e. The smallest absolute Gasteiger partial charge is 0.124 e. The lowest BCUT2D eigenvalue weighted by molar-refractivity contribution is 0.237. The van der Waals surface area contributed by atoms with Gasteiger partial charge in [0, 0.05) is 33.2 Å². The molecule has 23 heavy (non-hydrogen) atoms. The molecule has 0 fully saturated rings. The molecular formula is C18H21BrClNO2. The standard InChI is InChI=1S/C18H21BrClNO2/c1-2-16(11-22)21-10-14-9-15(19)7-8-18(14)23-12-13-5-3-4-6-17(13)20/h3-9,16,21-22H,2,10-12H2,1H3. The van der Waals surface area contributed by atoms with Crippen molar-refractivity contribution < 1.29 is 9.84 Å². The summed E-state index contributed by atoms with van der Waals surface area (Å²) in [5.74, 6) is 0.813. The van der Waals surface area contributed by atoms with Crippen LogP contribution in [0.1, 0.15) is 24.5 Å². The Morgan fingerprint density at radius 3 is 2.70 bits per heavy atom. The number of benzene rings is 2. The molecule has 0 saturated heterocycles. The molecule has 2 aromatic carbocycles. The van der Waals surface area contributed by atoms with Gasteiger partial charge in [-0.05, 0) is 30.7 Å². The van der Waals surface area contributed by atoms with Gasteiger partial charge in [0.25, 0.3) is 0 Å². The highest BCUT2D eigenvalue weighted by atomic mass is 79.9. The monoisotopic (exact) mass is 397 g/mol. The molecular weight excluding hydrogens is 378 g/mol. The Kier molecular flexibility index (Phi) is 7.37. The third kappa shape index (κ3) is 5.50. The maximum atomic E-state index is 9.29. The zero-order valence-electron chi connectivity index (χ0n) is 13.1. The predicted molar refractivity (Wildman–Crippen MR) is 97.9 cm³/mol. The molecule has 124 valence electrons. The number of hydrogen-bond donors (Lipinski definition) is 2. The Morgan fingerprint density at radius 1 is 1.22 bits per heavy atom. The minimum atomic E-state index is 0.0883. The minimum absolute atomic E-state index is 0.0883. The van der Waals surface area contributed by atoms with E-state index in [1.165, 1.54) is 0 Å². The summed E-state index contributed by atoms with van der Waals surface area (Å²) in [6.45, 7) is 3.23. The summed E-state index contributed by atoms with van der Waals surface area (Å²) < 4.78 is 6.95. The second-order valence-electron chi connectivity index (χ2n) is 5.30. The number of rotatable bonds is 8. The van der Waals surface area contributed by atoms with Crippen LogP contribution in [0.15, 0.2) is 46.9 Å².